The highest BCUT2D eigenvalue weighted by Gasteiger charge is 2.38. The minimum Gasteiger partial charge on any atom is -0.467 e. The average Bonchev–Trinajstić information content (AvgIpc) is 3.14. The van der Waals surface area contributed by atoms with Gasteiger partial charge in [0.1, 0.15) is 5.76 Å². The second kappa shape index (κ2) is 6.04. The Morgan fingerprint density at radius 3 is 2.55 bits per heavy atom. The van der Waals surface area contributed by atoms with Crippen LogP contribution in [-0.2, 0) is 5.54 Å². The van der Waals surface area contributed by atoms with Crippen LogP contribution in [0.15, 0.2) is 41.0 Å². The van der Waals surface area contributed by atoms with Crippen molar-refractivity contribution in [2.75, 3.05) is 5.32 Å². The Bertz CT molecular complexity index is 667. The lowest BCUT2D eigenvalue weighted by Gasteiger charge is -2.29. The predicted octanol–water partition coefficient (Wildman–Crippen LogP) is 4.31. The van der Waals surface area contributed by atoms with Crippen LogP contribution < -0.4 is 10.6 Å². The molecule has 1 aliphatic rings. The molecule has 1 aliphatic carbocycles. The second-order valence-corrected chi connectivity index (χ2v) is 5.88. The van der Waals surface area contributed by atoms with Crippen molar-refractivity contribution in [1.82, 2.24) is 5.32 Å². The molecular formula is C16H16F2N2OS. The summed E-state index contributed by atoms with van der Waals surface area (Å²) in [7, 11) is 0. The van der Waals surface area contributed by atoms with Crippen LogP contribution in [0.25, 0.3) is 0 Å². The van der Waals surface area contributed by atoms with Crippen molar-refractivity contribution in [2.24, 2.45) is 0 Å². The Labute approximate surface area is 132 Å². The van der Waals surface area contributed by atoms with Crippen molar-refractivity contribution in [3.8, 4) is 0 Å². The molecule has 1 heterocycles. The lowest BCUT2D eigenvalue weighted by atomic mass is 9.94. The third kappa shape index (κ3) is 2.97. The zero-order chi connectivity index (χ0) is 15.6. The van der Waals surface area contributed by atoms with Crippen LogP contribution in [0, 0.1) is 11.6 Å². The summed E-state index contributed by atoms with van der Waals surface area (Å²) in [5.74, 6) is -0.943. The Kier molecular flexibility index (Phi) is 4.11. The molecular weight excluding hydrogens is 306 g/mol. The normalized spacial score (nSPS) is 16.5. The highest BCUT2D eigenvalue weighted by molar-refractivity contribution is 7.80. The molecule has 0 saturated heterocycles. The van der Waals surface area contributed by atoms with Gasteiger partial charge in [-0.15, -0.1) is 0 Å². The molecule has 116 valence electrons. The van der Waals surface area contributed by atoms with Gasteiger partial charge in [-0.25, -0.2) is 8.78 Å². The van der Waals surface area contributed by atoms with Crippen LogP contribution in [0.1, 0.15) is 31.4 Å². The molecule has 6 heteroatoms. The molecule has 3 nitrogen and oxygen atoms in total. The van der Waals surface area contributed by atoms with Crippen LogP contribution in [0.2, 0.25) is 0 Å². The highest BCUT2D eigenvalue weighted by Crippen LogP contribution is 2.39. The second-order valence-electron chi connectivity index (χ2n) is 5.47. The standard InChI is InChI=1S/C16H16F2N2OS/c17-12-6-5-11(10-13(12)18)19-15(22)20-16(7-1-2-8-16)14-4-3-9-21-14/h3-6,9-10H,1-2,7-8H2,(H2,19,20,22). The Morgan fingerprint density at radius 1 is 1.14 bits per heavy atom. The van der Waals surface area contributed by atoms with Crippen molar-refractivity contribution in [3.05, 3.63) is 54.0 Å². The Morgan fingerprint density at radius 2 is 1.91 bits per heavy atom. The quantitative estimate of drug-likeness (QED) is 0.826. The zero-order valence-corrected chi connectivity index (χ0v) is 12.7. The predicted molar refractivity (Wildman–Crippen MR) is 84.6 cm³/mol. The maximum absolute atomic E-state index is 13.2. The minimum atomic E-state index is -0.908. The maximum atomic E-state index is 13.2. The summed E-state index contributed by atoms with van der Waals surface area (Å²) in [6.45, 7) is 0. The lowest BCUT2D eigenvalue weighted by molar-refractivity contribution is 0.317. The van der Waals surface area contributed by atoms with Gasteiger partial charge in [-0.05, 0) is 49.3 Å². The van der Waals surface area contributed by atoms with Gasteiger partial charge in [0.25, 0.3) is 0 Å². The first-order chi connectivity index (χ1) is 10.6. The molecule has 0 amide bonds. The number of furan rings is 1. The van der Waals surface area contributed by atoms with Crippen LogP contribution in [0.4, 0.5) is 14.5 Å². The number of anilines is 1. The molecule has 1 aromatic carbocycles. The fourth-order valence-electron chi connectivity index (χ4n) is 2.92. The SMILES string of the molecule is Fc1ccc(NC(=S)NC2(c3ccco3)CCCC2)cc1F. The van der Waals surface area contributed by atoms with Crippen molar-refractivity contribution in [1.29, 1.82) is 0 Å². The lowest BCUT2D eigenvalue weighted by Crippen LogP contribution is -2.45. The number of hydrogen-bond donors (Lipinski definition) is 2. The molecule has 0 spiro atoms. The maximum Gasteiger partial charge on any atom is 0.171 e. The molecule has 0 radical (unpaired) electrons. The third-order valence-corrected chi connectivity index (χ3v) is 4.18. The van der Waals surface area contributed by atoms with Gasteiger partial charge in [0, 0.05) is 11.8 Å². The molecule has 1 aromatic heterocycles. The highest BCUT2D eigenvalue weighted by atomic mass is 32.1. The van der Waals surface area contributed by atoms with Gasteiger partial charge < -0.3 is 15.1 Å². The van der Waals surface area contributed by atoms with Crippen molar-refractivity contribution >= 4 is 23.0 Å². The summed E-state index contributed by atoms with van der Waals surface area (Å²) >= 11 is 5.31. The molecule has 0 aliphatic heterocycles. The summed E-state index contributed by atoms with van der Waals surface area (Å²) in [4.78, 5) is 0. The van der Waals surface area contributed by atoms with Crippen LogP contribution >= 0.6 is 12.2 Å². The molecule has 1 fully saturated rings. The molecule has 3 rings (SSSR count). The number of hydrogen-bond acceptors (Lipinski definition) is 2. The fraction of sp³-hybridized carbons (Fsp3) is 0.312. The van der Waals surface area contributed by atoms with Crippen molar-refractivity contribution in [2.45, 2.75) is 31.2 Å². The summed E-state index contributed by atoms with van der Waals surface area (Å²) in [6.07, 6.45) is 5.64. The van der Waals surface area contributed by atoms with E-state index in [4.69, 9.17) is 16.6 Å². The molecule has 2 N–H and O–H groups in total. The van der Waals surface area contributed by atoms with Gasteiger partial charge in [0.2, 0.25) is 0 Å². The smallest absolute Gasteiger partial charge is 0.171 e. The zero-order valence-electron chi connectivity index (χ0n) is 11.9. The average molecular weight is 322 g/mol. The van der Waals surface area contributed by atoms with E-state index in [1.54, 1.807) is 6.26 Å². The molecule has 2 aromatic rings. The van der Waals surface area contributed by atoms with Gasteiger partial charge in [0.15, 0.2) is 16.7 Å². The van der Waals surface area contributed by atoms with E-state index in [0.29, 0.717) is 10.8 Å². The summed E-state index contributed by atoms with van der Waals surface area (Å²) in [5, 5.41) is 6.55. The van der Waals surface area contributed by atoms with E-state index in [1.165, 1.54) is 6.07 Å². The Hall–Kier alpha value is -1.95. The number of nitrogens with one attached hydrogen (secondary N) is 2. The first-order valence-corrected chi connectivity index (χ1v) is 7.58. The first kappa shape index (κ1) is 15.0. The first-order valence-electron chi connectivity index (χ1n) is 7.17. The van der Waals surface area contributed by atoms with Crippen LogP contribution in [-0.4, -0.2) is 5.11 Å². The molecule has 0 bridgehead atoms. The van der Waals surface area contributed by atoms with E-state index in [-0.39, 0.29) is 5.54 Å². The van der Waals surface area contributed by atoms with Gasteiger partial charge in [-0.2, -0.15) is 0 Å². The van der Waals surface area contributed by atoms with E-state index >= 15 is 0 Å². The van der Waals surface area contributed by atoms with E-state index < -0.39 is 11.6 Å². The minimum absolute atomic E-state index is 0.327. The fourth-order valence-corrected chi connectivity index (χ4v) is 3.23. The largest absolute Gasteiger partial charge is 0.467 e. The summed E-state index contributed by atoms with van der Waals surface area (Å²) in [5.41, 5.74) is 0.0793. The van der Waals surface area contributed by atoms with Gasteiger partial charge in [-0.3, -0.25) is 0 Å². The number of thiocarbonyl (C=S) groups is 1. The number of halogens is 2. The van der Waals surface area contributed by atoms with E-state index in [9.17, 15) is 8.78 Å². The van der Waals surface area contributed by atoms with E-state index in [1.807, 2.05) is 12.1 Å². The van der Waals surface area contributed by atoms with E-state index in [0.717, 1.165) is 43.6 Å². The number of rotatable bonds is 3. The molecule has 22 heavy (non-hydrogen) atoms. The van der Waals surface area contributed by atoms with Gasteiger partial charge in [0.05, 0.1) is 11.8 Å². The van der Waals surface area contributed by atoms with Crippen molar-refractivity contribution in [3.63, 3.8) is 0 Å². The van der Waals surface area contributed by atoms with Crippen LogP contribution in [0.5, 0.6) is 0 Å². The molecule has 0 atom stereocenters. The topological polar surface area (TPSA) is 37.2 Å². The third-order valence-electron chi connectivity index (χ3n) is 3.98. The molecule has 1 saturated carbocycles. The van der Waals surface area contributed by atoms with Gasteiger partial charge in [-0.1, -0.05) is 12.8 Å². The van der Waals surface area contributed by atoms with Crippen LogP contribution in [0.3, 0.4) is 0 Å². The molecule has 0 unspecified atom stereocenters. The Balaban J connectivity index is 1.73. The van der Waals surface area contributed by atoms with E-state index in [2.05, 4.69) is 10.6 Å². The number of benzene rings is 1. The summed E-state index contributed by atoms with van der Waals surface area (Å²) < 4.78 is 31.7. The summed E-state index contributed by atoms with van der Waals surface area (Å²) in [6, 6.07) is 7.37. The van der Waals surface area contributed by atoms with Crippen molar-refractivity contribution < 1.29 is 13.2 Å². The van der Waals surface area contributed by atoms with Gasteiger partial charge >= 0.3 is 0 Å². The monoisotopic (exact) mass is 322 g/mol.